The molecule has 5 heteroatoms. The van der Waals surface area contributed by atoms with Crippen LogP contribution >= 0.6 is 0 Å². The number of rotatable bonds is 4. The van der Waals surface area contributed by atoms with Crippen LogP contribution in [0.15, 0.2) is 24.3 Å². The molecule has 1 aromatic carbocycles. The molecule has 0 saturated carbocycles. The van der Waals surface area contributed by atoms with Crippen molar-refractivity contribution in [2.75, 3.05) is 0 Å². The first-order valence-corrected chi connectivity index (χ1v) is 7.26. The van der Waals surface area contributed by atoms with Gasteiger partial charge in [0.05, 0.1) is 6.10 Å². The second-order valence-corrected chi connectivity index (χ2v) is 5.56. The lowest BCUT2D eigenvalue weighted by atomic mass is 9.99. The molecule has 21 heavy (non-hydrogen) atoms. The maximum atomic E-state index is 12.1. The summed E-state index contributed by atoms with van der Waals surface area (Å²) >= 11 is 0. The van der Waals surface area contributed by atoms with E-state index in [2.05, 4.69) is 13.8 Å². The van der Waals surface area contributed by atoms with Crippen molar-refractivity contribution in [2.45, 2.75) is 50.9 Å². The first kappa shape index (κ1) is 14.1. The molecule has 0 spiro atoms. The molecule has 0 amide bonds. The number of carbonyl (C=O) groups excluding carboxylic acids is 2. The normalized spacial score (nSPS) is 28.3. The average Bonchev–Trinajstić information content (AvgIpc) is 3.26. The standard InChI is InChI=1S/C16H18O5/c1-3-9(2)10-5-4-6-11(7-10)19-15(17)13-8-12-14(20-12)16(18)21-13/h4-7,9,12-14H,3,8H2,1-2H3. The molecule has 0 aromatic heterocycles. The van der Waals surface area contributed by atoms with Crippen LogP contribution in [-0.4, -0.2) is 30.3 Å². The van der Waals surface area contributed by atoms with Crippen LogP contribution < -0.4 is 4.74 Å². The van der Waals surface area contributed by atoms with Crippen molar-refractivity contribution in [3.63, 3.8) is 0 Å². The first-order valence-electron chi connectivity index (χ1n) is 7.26. The van der Waals surface area contributed by atoms with Gasteiger partial charge in [0.15, 0.2) is 6.10 Å². The summed E-state index contributed by atoms with van der Waals surface area (Å²) in [7, 11) is 0. The first-order chi connectivity index (χ1) is 10.1. The van der Waals surface area contributed by atoms with Crippen molar-refractivity contribution in [3.05, 3.63) is 29.8 Å². The van der Waals surface area contributed by atoms with Crippen LogP contribution in [0.3, 0.4) is 0 Å². The van der Waals surface area contributed by atoms with Crippen LogP contribution in [0.5, 0.6) is 5.75 Å². The molecular weight excluding hydrogens is 272 g/mol. The smallest absolute Gasteiger partial charge is 0.352 e. The topological polar surface area (TPSA) is 65.1 Å². The maximum Gasteiger partial charge on any atom is 0.352 e. The number of hydrogen-bond acceptors (Lipinski definition) is 5. The summed E-state index contributed by atoms with van der Waals surface area (Å²) in [6.07, 6.45) is -0.134. The molecule has 112 valence electrons. The van der Waals surface area contributed by atoms with Gasteiger partial charge in [-0.05, 0) is 30.0 Å². The van der Waals surface area contributed by atoms with E-state index < -0.39 is 24.1 Å². The van der Waals surface area contributed by atoms with Crippen LogP contribution in [0.1, 0.15) is 38.2 Å². The zero-order chi connectivity index (χ0) is 15.0. The molecule has 1 aromatic rings. The van der Waals surface area contributed by atoms with Gasteiger partial charge >= 0.3 is 11.9 Å². The Morgan fingerprint density at radius 2 is 2.29 bits per heavy atom. The summed E-state index contributed by atoms with van der Waals surface area (Å²) in [5.41, 5.74) is 1.12. The lowest BCUT2D eigenvalue weighted by Gasteiger charge is -2.18. The molecule has 4 unspecified atom stereocenters. The van der Waals surface area contributed by atoms with Crippen LogP contribution in [0.2, 0.25) is 0 Å². The van der Waals surface area contributed by atoms with E-state index in [-0.39, 0.29) is 6.10 Å². The minimum absolute atomic E-state index is 0.185. The molecule has 2 fully saturated rings. The zero-order valence-electron chi connectivity index (χ0n) is 12.1. The fourth-order valence-electron chi connectivity index (χ4n) is 2.44. The van der Waals surface area contributed by atoms with E-state index in [0.717, 1.165) is 12.0 Å². The summed E-state index contributed by atoms with van der Waals surface area (Å²) in [6.45, 7) is 4.23. The third-order valence-corrected chi connectivity index (χ3v) is 4.04. The van der Waals surface area contributed by atoms with Gasteiger partial charge in [0.2, 0.25) is 6.10 Å². The van der Waals surface area contributed by atoms with Gasteiger partial charge in [0.1, 0.15) is 5.75 Å². The predicted octanol–water partition coefficient (Wildman–Crippen LogP) is 2.19. The largest absolute Gasteiger partial charge is 0.448 e. The van der Waals surface area contributed by atoms with E-state index in [1.807, 2.05) is 18.2 Å². The van der Waals surface area contributed by atoms with Gasteiger partial charge in [-0.25, -0.2) is 9.59 Å². The summed E-state index contributed by atoms with van der Waals surface area (Å²) in [5, 5.41) is 0. The van der Waals surface area contributed by atoms with Crippen molar-refractivity contribution in [3.8, 4) is 5.75 Å². The Morgan fingerprint density at radius 1 is 1.48 bits per heavy atom. The van der Waals surface area contributed by atoms with Gasteiger partial charge < -0.3 is 14.2 Å². The predicted molar refractivity (Wildman–Crippen MR) is 73.9 cm³/mol. The molecule has 3 rings (SSSR count). The molecule has 5 nitrogen and oxygen atoms in total. The van der Waals surface area contributed by atoms with Gasteiger partial charge in [-0.1, -0.05) is 26.0 Å². The third kappa shape index (κ3) is 2.93. The van der Waals surface area contributed by atoms with E-state index in [0.29, 0.717) is 18.1 Å². The summed E-state index contributed by atoms with van der Waals surface area (Å²) in [6, 6.07) is 7.45. The number of epoxide rings is 1. The Balaban J connectivity index is 1.65. The number of esters is 2. The number of fused-ring (bicyclic) bond motifs is 1. The fourth-order valence-corrected chi connectivity index (χ4v) is 2.44. The zero-order valence-corrected chi connectivity index (χ0v) is 12.1. The van der Waals surface area contributed by atoms with E-state index in [9.17, 15) is 9.59 Å². The Bertz CT molecular complexity index is 568. The van der Waals surface area contributed by atoms with Crippen LogP contribution in [0, 0.1) is 0 Å². The van der Waals surface area contributed by atoms with Gasteiger partial charge in [-0.2, -0.15) is 0 Å². The molecule has 4 atom stereocenters. The van der Waals surface area contributed by atoms with Crippen LogP contribution in [-0.2, 0) is 19.1 Å². The monoisotopic (exact) mass is 290 g/mol. The molecule has 0 N–H and O–H groups in total. The third-order valence-electron chi connectivity index (χ3n) is 4.04. The molecular formula is C16H18O5. The Labute approximate surface area is 123 Å². The fraction of sp³-hybridized carbons (Fsp3) is 0.500. The van der Waals surface area contributed by atoms with E-state index in [4.69, 9.17) is 14.2 Å². The van der Waals surface area contributed by atoms with E-state index in [1.165, 1.54) is 0 Å². The van der Waals surface area contributed by atoms with Crippen molar-refractivity contribution < 1.29 is 23.8 Å². The maximum absolute atomic E-state index is 12.1. The van der Waals surface area contributed by atoms with Crippen LogP contribution in [0.25, 0.3) is 0 Å². The second-order valence-electron chi connectivity index (χ2n) is 5.56. The van der Waals surface area contributed by atoms with Crippen molar-refractivity contribution in [2.24, 2.45) is 0 Å². The molecule has 2 saturated heterocycles. The summed E-state index contributed by atoms with van der Waals surface area (Å²) in [4.78, 5) is 23.5. The quantitative estimate of drug-likeness (QED) is 0.483. The Kier molecular flexibility index (Phi) is 3.68. The molecule has 0 aliphatic carbocycles. The Hall–Kier alpha value is -1.88. The minimum atomic E-state index is -0.867. The number of benzene rings is 1. The van der Waals surface area contributed by atoms with Gasteiger partial charge in [0.25, 0.3) is 0 Å². The van der Waals surface area contributed by atoms with E-state index in [1.54, 1.807) is 6.07 Å². The van der Waals surface area contributed by atoms with Gasteiger partial charge in [-0.3, -0.25) is 0 Å². The van der Waals surface area contributed by atoms with E-state index >= 15 is 0 Å². The van der Waals surface area contributed by atoms with Crippen molar-refractivity contribution in [1.29, 1.82) is 0 Å². The SMILES string of the molecule is CCC(C)c1cccc(OC(=O)C2CC3OC3C(=O)O2)c1. The highest BCUT2D eigenvalue weighted by molar-refractivity contribution is 5.86. The number of hydrogen-bond donors (Lipinski definition) is 0. The van der Waals surface area contributed by atoms with Crippen molar-refractivity contribution in [1.82, 2.24) is 0 Å². The second kappa shape index (κ2) is 5.48. The highest BCUT2D eigenvalue weighted by atomic mass is 16.7. The summed E-state index contributed by atoms with van der Waals surface area (Å²) < 4.78 is 15.5. The molecule has 2 aliphatic heterocycles. The molecule has 0 bridgehead atoms. The van der Waals surface area contributed by atoms with Gasteiger partial charge in [-0.15, -0.1) is 0 Å². The van der Waals surface area contributed by atoms with Gasteiger partial charge in [0, 0.05) is 6.42 Å². The number of ether oxygens (including phenoxy) is 3. The molecule has 0 radical (unpaired) electrons. The minimum Gasteiger partial charge on any atom is -0.448 e. The Morgan fingerprint density at radius 3 is 3.00 bits per heavy atom. The highest BCUT2D eigenvalue weighted by Gasteiger charge is 2.54. The molecule has 2 heterocycles. The lowest BCUT2D eigenvalue weighted by molar-refractivity contribution is -0.165. The average molecular weight is 290 g/mol. The number of carbonyl (C=O) groups is 2. The van der Waals surface area contributed by atoms with Crippen LogP contribution in [0.4, 0.5) is 0 Å². The summed E-state index contributed by atoms with van der Waals surface area (Å²) in [5.74, 6) is -0.135. The highest BCUT2D eigenvalue weighted by Crippen LogP contribution is 2.34. The van der Waals surface area contributed by atoms with Crippen molar-refractivity contribution >= 4 is 11.9 Å². The number of cyclic esters (lactones) is 1. The molecule has 2 aliphatic rings. The lowest BCUT2D eigenvalue weighted by Crippen LogP contribution is -2.38.